The number of rotatable bonds is 5. The third-order valence-corrected chi connectivity index (χ3v) is 5.19. The summed E-state index contributed by atoms with van der Waals surface area (Å²) < 4.78 is 24.0. The highest BCUT2D eigenvalue weighted by Gasteiger charge is 2.20. The van der Waals surface area contributed by atoms with Gasteiger partial charge in [-0.2, -0.15) is 10.4 Å². The standard InChI is InChI=1S/C16H22N6O2S/c1-11-4-3-7-22(10-11)12-5-6-15(25(2,23)24)13(8-12)20-21-14(9-17)16(18)19/h5-6,8,11,20H,3-4,7,10H2,1-2H3,(H3,18,19)/b21-14+. The molecule has 0 bridgehead atoms. The molecule has 0 aliphatic carbocycles. The van der Waals surface area contributed by atoms with E-state index < -0.39 is 15.7 Å². The fraction of sp³-hybridized carbons (Fsp3) is 0.438. The summed E-state index contributed by atoms with van der Waals surface area (Å²) in [6, 6.07) is 6.70. The monoisotopic (exact) mass is 362 g/mol. The Morgan fingerprint density at radius 3 is 2.80 bits per heavy atom. The van der Waals surface area contributed by atoms with Crippen LogP contribution < -0.4 is 16.1 Å². The summed E-state index contributed by atoms with van der Waals surface area (Å²) in [4.78, 5) is 2.27. The van der Waals surface area contributed by atoms with Gasteiger partial charge in [0.15, 0.2) is 15.7 Å². The molecule has 25 heavy (non-hydrogen) atoms. The number of nitrogens with zero attached hydrogens (tertiary/aromatic N) is 3. The number of benzene rings is 1. The first kappa shape index (κ1) is 18.7. The minimum absolute atomic E-state index is 0.0749. The van der Waals surface area contributed by atoms with Crippen LogP contribution in [-0.2, 0) is 9.84 Å². The second kappa shape index (κ2) is 7.53. The fourth-order valence-electron chi connectivity index (χ4n) is 2.81. The maximum Gasteiger partial charge on any atom is 0.201 e. The Bertz CT molecular complexity index is 841. The number of hydrazone groups is 1. The highest BCUT2D eigenvalue weighted by molar-refractivity contribution is 7.90. The molecule has 1 aromatic rings. The van der Waals surface area contributed by atoms with Crippen LogP contribution in [0.25, 0.3) is 0 Å². The van der Waals surface area contributed by atoms with Gasteiger partial charge in [0.2, 0.25) is 5.71 Å². The van der Waals surface area contributed by atoms with Crippen molar-refractivity contribution in [2.45, 2.75) is 24.7 Å². The minimum Gasteiger partial charge on any atom is -0.382 e. The van der Waals surface area contributed by atoms with Gasteiger partial charge in [0.1, 0.15) is 6.07 Å². The van der Waals surface area contributed by atoms with E-state index in [4.69, 9.17) is 16.4 Å². The predicted molar refractivity (Wildman–Crippen MR) is 98.7 cm³/mol. The van der Waals surface area contributed by atoms with Crippen LogP contribution in [0.4, 0.5) is 11.4 Å². The number of nitriles is 1. The molecule has 1 fully saturated rings. The third kappa shape index (κ3) is 4.70. The lowest BCUT2D eigenvalue weighted by atomic mass is 10.00. The van der Waals surface area contributed by atoms with Crippen LogP contribution in [0.15, 0.2) is 28.2 Å². The van der Waals surface area contributed by atoms with Gasteiger partial charge in [-0.1, -0.05) is 6.92 Å². The molecule has 1 atom stereocenters. The predicted octanol–water partition coefficient (Wildman–Crippen LogP) is 1.55. The van der Waals surface area contributed by atoms with E-state index in [-0.39, 0.29) is 16.3 Å². The average molecular weight is 362 g/mol. The number of piperidine rings is 1. The van der Waals surface area contributed by atoms with Gasteiger partial charge in [-0.25, -0.2) is 8.42 Å². The van der Waals surface area contributed by atoms with Crippen molar-refractivity contribution in [2.24, 2.45) is 16.8 Å². The first-order valence-electron chi connectivity index (χ1n) is 7.89. The summed E-state index contributed by atoms with van der Waals surface area (Å²) in [6.45, 7) is 3.99. The lowest BCUT2D eigenvalue weighted by Crippen LogP contribution is -2.34. The van der Waals surface area contributed by atoms with Gasteiger partial charge in [0, 0.05) is 25.0 Å². The average Bonchev–Trinajstić information content (AvgIpc) is 2.54. The molecular formula is C16H22N6O2S. The molecule has 0 spiro atoms. The van der Waals surface area contributed by atoms with Gasteiger partial charge in [0.05, 0.1) is 10.6 Å². The quantitative estimate of drug-likeness (QED) is 0.413. The summed E-state index contributed by atoms with van der Waals surface area (Å²) in [5.74, 6) is 0.0811. The van der Waals surface area contributed by atoms with Gasteiger partial charge in [0.25, 0.3) is 0 Å². The summed E-state index contributed by atoms with van der Waals surface area (Å²) >= 11 is 0. The number of anilines is 2. The topological polar surface area (TPSA) is 135 Å². The second-order valence-electron chi connectivity index (χ2n) is 6.24. The zero-order valence-corrected chi connectivity index (χ0v) is 15.1. The van der Waals surface area contributed by atoms with Gasteiger partial charge < -0.3 is 10.6 Å². The van der Waals surface area contributed by atoms with Crippen LogP contribution in [-0.4, -0.2) is 39.3 Å². The number of hydrogen-bond donors (Lipinski definition) is 3. The van der Waals surface area contributed by atoms with Crippen molar-refractivity contribution in [3.05, 3.63) is 18.2 Å². The van der Waals surface area contributed by atoms with Gasteiger partial charge in [-0.3, -0.25) is 10.8 Å². The van der Waals surface area contributed by atoms with E-state index in [0.29, 0.717) is 5.92 Å². The van der Waals surface area contributed by atoms with E-state index in [1.807, 2.05) is 0 Å². The molecule has 0 amide bonds. The van der Waals surface area contributed by atoms with E-state index in [9.17, 15) is 8.42 Å². The van der Waals surface area contributed by atoms with Crippen LogP contribution in [0.2, 0.25) is 0 Å². The number of sulfone groups is 1. The van der Waals surface area contributed by atoms with Crippen molar-refractivity contribution in [3.8, 4) is 6.07 Å². The Labute approximate surface area is 147 Å². The van der Waals surface area contributed by atoms with E-state index in [1.54, 1.807) is 18.2 Å². The normalized spacial score (nSPS) is 18.5. The Morgan fingerprint density at radius 1 is 1.52 bits per heavy atom. The van der Waals surface area contributed by atoms with Crippen LogP contribution in [0.1, 0.15) is 19.8 Å². The molecule has 9 heteroatoms. The van der Waals surface area contributed by atoms with Crippen LogP contribution in [0.5, 0.6) is 0 Å². The Balaban J connectivity index is 2.41. The molecule has 1 aliphatic heterocycles. The summed E-state index contributed by atoms with van der Waals surface area (Å²) in [7, 11) is -3.48. The molecule has 0 saturated carbocycles. The van der Waals surface area contributed by atoms with Gasteiger partial charge in [-0.15, -0.1) is 0 Å². The van der Waals surface area contributed by atoms with Crippen molar-refractivity contribution in [1.82, 2.24) is 0 Å². The number of nitrogens with two attached hydrogens (primary N) is 1. The van der Waals surface area contributed by atoms with Gasteiger partial charge in [-0.05, 0) is 37.0 Å². The largest absolute Gasteiger partial charge is 0.382 e. The first-order chi connectivity index (χ1) is 11.7. The van der Waals surface area contributed by atoms with Crippen LogP contribution >= 0.6 is 0 Å². The zero-order valence-electron chi connectivity index (χ0n) is 14.3. The van der Waals surface area contributed by atoms with E-state index in [0.717, 1.165) is 31.5 Å². The fourth-order valence-corrected chi connectivity index (χ4v) is 3.63. The molecule has 8 nitrogen and oxygen atoms in total. The lowest BCUT2D eigenvalue weighted by molar-refractivity contribution is 0.447. The number of amidine groups is 1. The van der Waals surface area contributed by atoms with E-state index in [1.165, 1.54) is 12.5 Å². The molecule has 1 aliphatic rings. The maximum atomic E-state index is 12.0. The lowest BCUT2D eigenvalue weighted by Gasteiger charge is -2.33. The molecule has 0 radical (unpaired) electrons. The maximum absolute atomic E-state index is 12.0. The van der Waals surface area contributed by atoms with Crippen LogP contribution in [0.3, 0.4) is 0 Å². The zero-order chi connectivity index (χ0) is 18.6. The molecule has 2 rings (SSSR count). The SMILES string of the molecule is CC1CCCN(c2ccc(S(C)(=O)=O)c(N/N=C(\C#N)C(=N)N)c2)C1. The second-order valence-corrected chi connectivity index (χ2v) is 8.23. The highest BCUT2D eigenvalue weighted by Crippen LogP contribution is 2.30. The molecule has 134 valence electrons. The molecule has 1 unspecified atom stereocenters. The summed E-state index contributed by atoms with van der Waals surface area (Å²) in [6.07, 6.45) is 3.37. The molecule has 0 aromatic heterocycles. The molecule has 1 saturated heterocycles. The van der Waals surface area contributed by atoms with E-state index >= 15 is 0 Å². The van der Waals surface area contributed by atoms with Crippen LogP contribution in [0, 0.1) is 22.7 Å². The van der Waals surface area contributed by atoms with Crippen molar-refractivity contribution in [1.29, 1.82) is 10.7 Å². The Kier molecular flexibility index (Phi) is 5.64. The molecule has 4 N–H and O–H groups in total. The van der Waals surface area contributed by atoms with Crippen molar-refractivity contribution in [3.63, 3.8) is 0 Å². The smallest absolute Gasteiger partial charge is 0.201 e. The highest BCUT2D eigenvalue weighted by atomic mass is 32.2. The van der Waals surface area contributed by atoms with Crippen molar-refractivity contribution in [2.75, 3.05) is 29.7 Å². The number of nitrogens with one attached hydrogen (secondary N) is 2. The van der Waals surface area contributed by atoms with Crippen molar-refractivity contribution < 1.29 is 8.42 Å². The molecule has 1 aromatic carbocycles. The molecule has 1 heterocycles. The third-order valence-electron chi connectivity index (χ3n) is 4.03. The van der Waals surface area contributed by atoms with E-state index in [2.05, 4.69) is 22.4 Å². The number of hydrogen-bond acceptors (Lipinski definition) is 7. The minimum atomic E-state index is -3.48. The molecular weight excluding hydrogens is 340 g/mol. The first-order valence-corrected chi connectivity index (χ1v) is 9.78. The summed E-state index contributed by atoms with van der Waals surface area (Å²) in [5, 5.41) is 20.0. The Morgan fingerprint density at radius 2 is 2.24 bits per heavy atom. The van der Waals surface area contributed by atoms with Gasteiger partial charge >= 0.3 is 0 Å². The Hall–Kier alpha value is -2.60. The summed E-state index contributed by atoms with van der Waals surface area (Å²) in [5.41, 5.74) is 8.68. The van der Waals surface area contributed by atoms with Crippen molar-refractivity contribution >= 4 is 32.8 Å².